The highest BCUT2D eigenvalue weighted by atomic mass is 79.9. The molecule has 88 valence electrons. The van der Waals surface area contributed by atoms with E-state index in [1.54, 1.807) is 6.20 Å². The molecule has 2 aromatic rings. The molecule has 2 N–H and O–H groups in total. The molecule has 1 aromatic heterocycles. The van der Waals surface area contributed by atoms with Gasteiger partial charge in [0.25, 0.3) is 0 Å². The lowest BCUT2D eigenvalue weighted by atomic mass is 9.95. The van der Waals surface area contributed by atoms with Gasteiger partial charge in [-0.3, -0.25) is 0 Å². The topological polar surface area (TPSA) is 51.8 Å². The zero-order valence-corrected chi connectivity index (χ0v) is 11.4. The first-order valence-corrected chi connectivity index (χ1v) is 6.26. The minimum Gasteiger partial charge on any atom is -0.382 e. The Bertz CT molecular complexity index is 538. The van der Waals surface area contributed by atoms with Gasteiger partial charge in [0, 0.05) is 5.56 Å². The molecule has 0 amide bonds. The summed E-state index contributed by atoms with van der Waals surface area (Å²) in [7, 11) is 0. The van der Waals surface area contributed by atoms with Gasteiger partial charge in [0.05, 0.1) is 6.20 Å². The number of rotatable bonds is 2. The molecule has 0 spiro atoms. The lowest BCUT2D eigenvalue weighted by molar-refractivity contribution is 0.867. The average molecular weight is 292 g/mol. The number of nitrogen functional groups attached to an aromatic ring is 1. The van der Waals surface area contributed by atoms with Crippen molar-refractivity contribution in [2.75, 3.05) is 5.73 Å². The second-order valence-electron chi connectivity index (χ2n) is 4.18. The van der Waals surface area contributed by atoms with E-state index >= 15 is 0 Å². The summed E-state index contributed by atoms with van der Waals surface area (Å²) in [5.74, 6) is 0.864. The highest BCUT2D eigenvalue weighted by molar-refractivity contribution is 9.10. The van der Waals surface area contributed by atoms with E-state index in [4.69, 9.17) is 5.73 Å². The van der Waals surface area contributed by atoms with Gasteiger partial charge < -0.3 is 5.73 Å². The van der Waals surface area contributed by atoms with Crippen LogP contribution in [0.25, 0.3) is 11.3 Å². The number of halogens is 1. The number of nitrogens with two attached hydrogens (primary N) is 1. The summed E-state index contributed by atoms with van der Waals surface area (Å²) in [5.41, 5.74) is 8.82. The number of anilines is 1. The summed E-state index contributed by atoms with van der Waals surface area (Å²) in [6, 6.07) is 8.19. The molecule has 0 saturated carbocycles. The predicted molar refractivity (Wildman–Crippen MR) is 73.7 cm³/mol. The molecule has 4 heteroatoms. The Balaban J connectivity index is 2.64. The van der Waals surface area contributed by atoms with E-state index in [0.717, 1.165) is 15.9 Å². The van der Waals surface area contributed by atoms with Crippen molar-refractivity contribution in [1.29, 1.82) is 0 Å². The van der Waals surface area contributed by atoms with E-state index in [1.165, 1.54) is 5.56 Å². The Morgan fingerprint density at radius 3 is 2.65 bits per heavy atom. The second kappa shape index (κ2) is 4.84. The highest BCUT2D eigenvalue weighted by Crippen LogP contribution is 2.31. The molecule has 17 heavy (non-hydrogen) atoms. The first kappa shape index (κ1) is 12.0. The molecule has 3 nitrogen and oxygen atoms in total. The molecule has 0 bridgehead atoms. The summed E-state index contributed by atoms with van der Waals surface area (Å²) in [6.07, 6.45) is 1.55. The first-order chi connectivity index (χ1) is 8.09. The summed E-state index contributed by atoms with van der Waals surface area (Å²) in [5, 5.41) is 0. The standard InChI is InChI=1S/C13H14BrN3/c1-8(2)9-5-3-4-6-10(9)12-13(14)16-7-11(15)17-12/h3-8H,1-2H3,(H2,15,17). The second-order valence-corrected chi connectivity index (χ2v) is 4.93. The van der Waals surface area contributed by atoms with Crippen LogP contribution < -0.4 is 5.73 Å². The van der Waals surface area contributed by atoms with Crippen molar-refractivity contribution in [3.63, 3.8) is 0 Å². The Kier molecular flexibility index (Phi) is 3.43. The minimum atomic E-state index is 0.432. The minimum absolute atomic E-state index is 0.432. The summed E-state index contributed by atoms with van der Waals surface area (Å²) < 4.78 is 0.722. The highest BCUT2D eigenvalue weighted by Gasteiger charge is 2.12. The van der Waals surface area contributed by atoms with Gasteiger partial charge in [-0.15, -0.1) is 0 Å². The van der Waals surface area contributed by atoms with Crippen molar-refractivity contribution in [3.05, 3.63) is 40.6 Å². The summed E-state index contributed by atoms with van der Waals surface area (Å²) in [4.78, 5) is 8.54. The molecule has 0 aliphatic heterocycles. The third-order valence-electron chi connectivity index (χ3n) is 2.58. The summed E-state index contributed by atoms with van der Waals surface area (Å²) in [6.45, 7) is 4.32. The molecule has 1 aromatic carbocycles. The number of hydrogen-bond donors (Lipinski definition) is 1. The number of hydrogen-bond acceptors (Lipinski definition) is 3. The molecular weight excluding hydrogens is 278 g/mol. The van der Waals surface area contributed by atoms with E-state index in [-0.39, 0.29) is 0 Å². The van der Waals surface area contributed by atoms with Crippen LogP contribution in [0.15, 0.2) is 35.1 Å². The number of nitrogens with zero attached hydrogens (tertiary/aromatic N) is 2. The van der Waals surface area contributed by atoms with E-state index in [1.807, 2.05) is 18.2 Å². The molecule has 0 saturated heterocycles. The Hall–Kier alpha value is -1.42. The van der Waals surface area contributed by atoms with E-state index < -0.39 is 0 Å². The fourth-order valence-electron chi connectivity index (χ4n) is 1.78. The Morgan fingerprint density at radius 2 is 1.94 bits per heavy atom. The van der Waals surface area contributed by atoms with Gasteiger partial charge in [0.15, 0.2) is 0 Å². The van der Waals surface area contributed by atoms with Gasteiger partial charge in [-0.05, 0) is 27.4 Å². The molecule has 0 aliphatic rings. The smallest absolute Gasteiger partial charge is 0.142 e. The fourth-order valence-corrected chi connectivity index (χ4v) is 2.18. The van der Waals surface area contributed by atoms with Gasteiger partial charge >= 0.3 is 0 Å². The van der Waals surface area contributed by atoms with Crippen LogP contribution in [0.2, 0.25) is 0 Å². The Labute approximate surface area is 109 Å². The predicted octanol–water partition coefficient (Wildman–Crippen LogP) is 3.61. The lowest BCUT2D eigenvalue weighted by Crippen LogP contribution is -1.99. The van der Waals surface area contributed by atoms with Gasteiger partial charge in [0.1, 0.15) is 16.1 Å². The SMILES string of the molecule is CC(C)c1ccccc1-c1nc(N)cnc1Br. The molecule has 0 aliphatic carbocycles. The molecule has 1 heterocycles. The molecule has 0 atom stereocenters. The molecule has 0 unspecified atom stereocenters. The van der Waals surface area contributed by atoms with Crippen LogP contribution in [0.3, 0.4) is 0 Å². The monoisotopic (exact) mass is 291 g/mol. The lowest BCUT2D eigenvalue weighted by Gasteiger charge is -2.13. The van der Waals surface area contributed by atoms with E-state index in [9.17, 15) is 0 Å². The summed E-state index contributed by atoms with van der Waals surface area (Å²) >= 11 is 3.42. The maximum absolute atomic E-state index is 5.70. The maximum atomic E-state index is 5.70. The van der Waals surface area contributed by atoms with Crippen LogP contribution in [0.4, 0.5) is 5.82 Å². The van der Waals surface area contributed by atoms with Crippen LogP contribution in [-0.2, 0) is 0 Å². The third-order valence-corrected chi connectivity index (χ3v) is 3.16. The van der Waals surface area contributed by atoms with Crippen LogP contribution >= 0.6 is 15.9 Å². The van der Waals surface area contributed by atoms with Crippen molar-refractivity contribution in [1.82, 2.24) is 9.97 Å². The Morgan fingerprint density at radius 1 is 1.24 bits per heavy atom. The van der Waals surface area contributed by atoms with Crippen molar-refractivity contribution >= 4 is 21.7 Å². The number of aromatic nitrogens is 2. The first-order valence-electron chi connectivity index (χ1n) is 5.47. The van der Waals surface area contributed by atoms with Gasteiger partial charge in [-0.1, -0.05) is 38.1 Å². The van der Waals surface area contributed by atoms with Crippen LogP contribution in [0.5, 0.6) is 0 Å². The van der Waals surface area contributed by atoms with Gasteiger partial charge in [0.2, 0.25) is 0 Å². The zero-order valence-electron chi connectivity index (χ0n) is 9.81. The maximum Gasteiger partial charge on any atom is 0.142 e. The van der Waals surface area contributed by atoms with Gasteiger partial charge in [-0.25, -0.2) is 9.97 Å². The molecule has 0 fully saturated rings. The van der Waals surface area contributed by atoms with Crippen LogP contribution in [-0.4, -0.2) is 9.97 Å². The fraction of sp³-hybridized carbons (Fsp3) is 0.231. The van der Waals surface area contributed by atoms with Crippen molar-refractivity contribution in [2.24, 2.45) is 0 Å². The van der Waals surface area contributed by atoms with Crippen molar-refractivity contribution < 1.29 is 0 Å². The normalized spacial score (nSPS) is 10.8. The third kappa shape index (κ3) is 2.47. The van der Waals surface area contributed by atoms with Gasteiger partial charge in [-0.2, -0.15) is 0 Å². The number of benzene rings is 1. The molecule has 0 radical (unpaired) electrons. The zero-order chi connectivity index (χ0) is 12.4. The van der Waals surface area contributed by atoms with Crippen LogP contribution in [0, 0.1) is 0 Å². The van der Waals surface area contributed by atoms with E-state index in [2.05, 4.69) is 45.8 Å². The molecular formula is C13H14BrN3. The average Bonchev–Trinajstić information content (AvgIpc) is 2.32. The van der Waals surface area contributed by atoms with E-state index in [0.29, 0.717) is 11.7 Å². The van der Waals surface area contributed by atoms with Crippen molar-refractivity contribution in [2.45, 2.75) is 19.8 Å². The van der Waals surface area contributed by atoms with Crippen LogP contribution in [0.1, 0.15) is 25.3 Å². The van der Waals surface area contributed by atoms with Crippen molar-refractivity contribution in [3.8, 4) is 11.3 Å². The quantitative estimate of drug-likeness (QED) is 0.920. The molecule has 2 rings (SSSR count). The largest absolute Gasteiger partial charge is 0.382 e.